The summed E-state index contributed by atoms with van der Waals surface area (Å²) in [7, 11) is 0. The number of amides is 1. The lowest BCUT2D eigenvalue weighted by atomic mass is 9.93. The van der Waals surface area contributed by atoms with Crippen molar-refractivity contribution >= 4 is 5.91 Å². The van der Waals surface area contributed by atoms with Crippen molar-refractivity contribution in [3.05, 3.63) is 35.9 Å². The first kappa shape index (κ1) is 17.3. The van der Waals surface area contributed by atoms with Crippen LogP contribution in [-0.4, -0.2) is 36.1 Å². The van der Waals surface area contributed by atoms with E-state index in [4.69, 9.17) is 0 Å². The lowest BCUT2D eigenvalue weighted by molar-refractivity contribution is -0.199. The van der Waals surface area contributed by atoms with E-state index >= 15 is 0 Å². The molecule has 1 aromatic rings. The molecular formula is C18H23F3N2O. The molecule has 3 rings (SSSR count). The van der Waals surface area contributed by atoms with Crippen LogP contribution in [0.3, 0.4) is 0 Å². The maximum atomic E-state index is 13.9. The maximum Gasteiger partial charge on any atom is 0.413 e. The van der Waals surface area contributed by atoms with E-state index < -0.39 is 18.1 Å². The number of alkyl halides is 3. The Hall–Kier alpha value is -1.56. The van der Waals surface area contributed by atoms with Gasteiger partial charge in [0.1, 0.15) is 0 Å². The van der Waals surface area contributed by atoms with Gasteiger partial charge in [0.15, 0.2) is 6.04 Å². The Bertz CT molecular complexity index is 575. The van der Waals surface area contributed by atoms with Gasteiger partial charge >= 0.3 is 6.18 Å². The predicted octanol–water partition coefficient (Wildman–Crippen LogP) is 3.53. The predicted molar refractivity (Wildman–Crippen MR) is 85.2 cm³/mol. The summed E-state index contributed by atoms with van der Waals surface area (Å²) < 4.78 is 41.8. The van der Waals surface area contributed by atoms with Gasteiger partial charge in [-0.25, -0.2) is 0 Å². The van der Waals surface area contributed by atoms with E-state index in [1.165, 1.54) is 12.1 Å². The quantitative estimate of drug-likeness (QED) is 0.909. The molecule has 4 atom stereocenters. The minimum atomic E-state index is -4.49. The Balaban J connectivity index is 2.00. The first-order valence-electron chi connectivity index (χ1n) is 8.57. The Morgan fingerprint density at radius 2 is 1.96 bits per heavy atom. The fraction of sp³-hybridized carbons (Fsp3) is 0.611. The van der Waals surface area contributed by atoms with Crippen LogP contribution in [0.25, 0.3) is 0 Å². The second kappa shape index (κ2) is 6.75. The SMILES string of the molecule is CCC(=O)N(C1CCC2CNCC21)C(c1ccccc1)C(F)(F)F. The second-order valence-corrected chi connectivity index (χ2v) is 6.74. The zero-order chi connectivity index (χ0) is 17.3. The Morgan fingerprint density at radius 1 is 1.25 bits per heavy atom. The normalized spacial score (nSPS) is 27.8. The molecule has 1 aliphatic carbocycles. The standard InChI is InChI=1S/C18H23F3N2O/c1-2-16(24)23(15-9-8-13-10-22-11-14(13)15)17(18(19,20)21)12-6-4-3-5-7-12/h3-7,13-15,17,22H,2,8-11H2,1H3. The zero-order valence-corrected chi connectivity index (χ0v) is 13.7. The molecule has 2 aliphatic rings. The molecule has 1 aliphatic heterocycles. The highest BCUT2D eigenvalue weighted by atomic mass is 19.4. The molecule has 1 aromatic carbocycles. The molecule has 0 spiro atoms. The summed E-state index contributed by atoms with van der Waals surface area (Å²) in [6.07, 6.45) is -2.87. The first-order valence-corrected chi connectivity index (χ1v) is 8.57. The molecule has 1 heterocycles. The van der Waals surface area contributed by atoms with Gasteiger partial charge in [0.05, 0.1) is 0 Å². The molecule has 132 valence electrons. The van der Waals surface area contributed by atoms with Crippen LogP contribution in [0.5, 0.6) is 0 Å². The van der Waals surface area contributed by atoms with Crippen LogP contribution >= 0.6 is 0 Å². The van der Waals surface area contributed by atoms with Gasteiger partial charge in [0.25, 0.3) is 0 Å². The van der Waals surface area contributed by atoms with E-state index in [0.717, 1.165) is 17.9 Å². The van der Waals surface area contributed by atoms with E-state index in [0.29, 0.717) is 18.9 Å². The van der Waals surface area contributed by atoms with Crippen LogP contribution in [-0.2, 0) is 4.79 Å². The summed E-state index contributed by atoms with van der Waals surface area (Å²) in [4.78, 5) is 13.7. The summed E-state index contributed by atoms with van der Waals surface area (Å²) in [5.74, 6) is 0.0830. The molecule has 0 aromatic heterocycles. The van der Waals surface area contributed by atoms with Crippen molar-refractivity contribution in [2.75, 3.05) is 13.1 Å². The molecule has 3 nitrogen and oxygen atoms in total. The van der Waals surface area contributed by atoms with Gasteiger partial charge in [-0.3, -0.25) is 4.79 Å². The fourth-order valence-electron chi connectivity index (χ4n) is 4.31. The van der Waals surface area contributed by atoms with Crippen molar-refractivity contribution in [2.45, 2.75) is 44.4 Å². The van der Waals surface area contributed by atoms with Crippen molar-refractivity contribution in [1.29, 1.82) is 0 Å². The fourth-order valence-corrected chi connectivity index (χ4v) is 4.31. The van der Waals surface area contributed by atoms with Crippen LogP contribution in [0, 0.1) is 11.8 Å². The molecule has 1 saturated heterocycles. The first-order chi connectivity index (χ1) is 11.4. The van der Waals surface area contributed by atoms with Crippen molar-refractivity contribution < 1.29 is 18.0 Å². The molecule has 24 heavy (non-hydrogen) atoms. The molecule has 6 heteroatoms. The molecule has 2 fully saturated rings. The summed E-state index contributed by atoms with van der Waals surface area (Å²) in [5.41, 5.74) is 0.140. The van der Waals surface area contributed by atoms with Gasteiger partial charge in [-0.1, -0.05) is 37.3 Å². The molecule has 0 bridgehead atoms. The van der Waals surface area contributed by atoms with Crippen molar-refractivity contribution in [3.8, 4) is 0 Å². The number of nitrogens with one attached hydrogen (secondary N) is 1. The molecule has 1 N–H and O–H groups in total. The van der Waals surface area contributed by atoms with Crippen LogP contribution in [0.1, 0.15) is 37.8 Å². The minimum absolute atomic E-state index is 0.0841. The number of hydrogen-bond acceptors (Lipinski definition) is 2. The monoisotopic (exact) mass is 340 g/mol. The average Bonchev–Trinajstić information content (AvgIpc) is 3.15. The van der Waals surface area contributed by atoms with E-state index in [1.54, 1.807) is 25.1 Å². The minimum Gasteiger partial charge on any atom is -0.323 e. The van der Waals surface area contributed by atoms with Gasteiger partial charge in [-0.2, -0.15) is 13.2 Å². The topological polar surface area (TPSA) is 32.3 Å². The molecule has 1 amide bonds. The number of benzene rings is 1. The van der Waals surface area contributed by atoms with E-state index in [-0.39, 0.29) is 23.9 Å². The molecule has 1 saturated carbocycles. The molecular weight excluding hydrogens is 317 g/mol. The van der Waals surface area contributed by atoms with Gasteiger partial charge in [0, 0.05) is 19.0 Å². The summed E-state index contributed by atoms with van der Waals surface area (Å²) in [6.45, 7) is 3.17. The summed E-state index contributed by atoms with van der Waals surface area (Å²) in [5, 5.41) is 3.26. The van der Waals surface area contributed by atoms with Crippen LogP contribution in [0.15, 0.2) is 30.3 Å². The van der Waals surface area contributed by atoms with Crippen molar-refractivity contribution in [3.63, 3.8) is 0 Å². The van der Waals surface area contributed by atoms with E-state index in [2.05, 4.69) is 5.32 Å². The largest absolute Gasteiger partial charge is 0.413 e. The smallest absolute Gasteiger partial charge is 0.323 e. The Morgan fingerprint density at radius 3 is 2.58 bits per heavy atom. The number of nitrogens with zero attached hydrogens (tertiary/aromatic N) is 1. The number of halogens is 3. The third kappa shape index (κ3) is 3.16. The van der Waals surface area contributed by atoms with Gasteiger partial charge in [-0.15, -0.1) is 0 Å². The highest BCUT2D eigenvalue weighted by molar-refractivity contribution is 5.77. The lowest BCUT2D eigenvalue weighted by Crippen LogP contribution is -2.50. The van der Waals surface area contributed by atoms with Crippen LogP contribution in [0.2, 0.25) is 0 Å². The molecule has 0 radical (unpaired) electrons. The summed E-state index contributed by atoms with van der Waals surface area (Å²) in [6, 6.07) is 5.60. The second-order valence-electron chi connectivity index (χ2n) is 6.74. The van der Waals surface area contributed by atoms with Crippen LogP contribution < -0.4 is 5.32 Å². The number of rotatable bonds is 4. The Labute approximate surface area is 140 Å². The third-order valence-electron chi connectivity index (χ3n) is 5.37. The highest BCUT2D eigenvalue weighted by Crippen LogP contribution is 2.45. The highest BCUT2D eigenvalue weighted by Gasteiger charge is 2.52. The third-order valence-corrected chi connectivity index (χ3v) is 5.37. The number of carbonyl (C=O) groups excluding carboxylic acids is 1. The van der Waals surface area contributed by atoms with E-state index in [9.17, 15) is 18.0 Å². The van der Waals surface area contributed by atoms with Gasteiger partial charge in [-0.05, 0) is 36.8 Å². The number of hydrogen-bond donors (Lipinski definition) is 1. The number of fused-ring (bicyclic) bond motifs is 1. The van der Waals surface area contributed by atoms with Gasteiger partial charge in [0.2, 0.25) is 5.91 Å². The Kier molecular flexibility index (Phi) is 4.85. The zero-order valence-electron chi connectivity index (χ0n) is 13.7. The van der Waals surface area contributed by atoms with Crippen molar-refractivity contribution in [2.24, 2.45) is 11.8 Å². The number of carbonyl (C=O) groups is 1. The molecule has 4 unspecified atom stereocenters. The van der Waals surface area contributed by atoms with Crippen LogP contribution in [0.4, 0.5) is 13.2 Å². The van der Waals surface area contributed by atoms with Crippen molar-refractivity contribution in [1.82, 2.24) is 10.2 Å². The summed E-state index contributed by atoms with van der Waals surface area (Å²) >= 11 is 0. The average molecular weight is 340 g/mol. The maximum absolute atomic E-state index is 13.9. The van der Waals surface area contributed by atoms with Gasteiger partial charge < -0.3 is 10.2 Å². The lowest BCUT2D eigenvalue weighted by Gasteiger charge is -2.40. The van der Waals surface area contributed by atoms with E-state index in [1.807, 2.05) is 0 Å².